The minimum atomic E-state index is -5.97. The van der Waals surface area contributed by atoms with Gasteiger partial charge in [-0.1, -0.05) is 18.2 Å². The van der Waals surface area contributed by atoms with Gasteiger partial charge in [0.25, 0.3) is 5.60 Å². The summed E-state index contributed by atoms with van der Waals surface area (Å²) in [5.74, 6) is 0. The van der Waals surface area contributed by atoms with E-state index in [1.54, 1.807) is 46.4 Å². The van der Waals surface area contributed by atoms with Crippen LogP contribution in [0.15, 0.2) is 24.3 Å². The fraction of sp³-hybridized carbons (Fsp3) is 0.609. The zero-order valence-corrected chi connectivity index (χ0v) is 19.9. The van der Waals surface area contributed by atoms with Gasteiger partial charge in [-0.05, 0) is 59.2 Å². The summed E-state index contributed by atoms with van der Waals surface area (Å²) in [4.78, 5) is 15.9. The van der Waals surface area contributed by atoms with E-state index in [0.717, 1.165) is 6.07 Å². The number of anilines is 1. The maximum atomic E-state index is 13.4. The first-order chi connectivity index (χ1) is 15.3. The van der Waals surface area contributed by atoms with Gasteiger partial charge < -0.3 is 19.6 Å². The highest BCUT2D eigenvalue weighted by molar-refractivity contribution is 5.72. The molecule has 1 fully saturated rings. The lowest BCUT2D eigenvalue weighted by atomic mass is 9.89. The Morgan fingerprint density at radius 1 is 1.03 bits per heavy atom. The first-order valence-electron chi connectivity index (χ1n) is 10.7. The summed E-state index contributed by atoms with van der Waals surface area (Å²) in [7, 11) is 0. The molecule has 1 saturated heterocycles. The third kappa shape index (κ3) is 5.45. The van der Waals surface area contributed by atoms with Gasteiger partial charge in [0.2, 0.25) is 0 Å². The van der Waals surface area contributed by atoms with Crippen molar-refractivity contribution in [3.8, 4) is 0 Å². The quantitative estimate of drug-likeness (QED) is 0.532. The molecule has 1 heterocycles. The molecule has 192 valence electrons. The lowest BCUT2D eigenvalue weighted by Crippen LogP contribution is -2.59. The fourth-order valence-corrected chi connectivity index (χ4v) is 3.88. The monoisotopic (exact) mass is 496 g/mol. The van der Waals surface area contributed by atoms with Crippen LogP contribution in [0.1, 0.15) is 52.7 Å². The number of alkyl halides is 6. The summed E-state index contributed by atoms with van der Waals surface area (Å²) in [6.07, 6.45) is -9.59. The maximum absolute atomic E-state index is 13.4. The van der Waals surface area contributed by atoms with Crippen LogP contribution < -0.4 is 4.90 Å². The number of ether oxygens (including phenoxy) is 1. The topological polar surface area (TPSA) is 53.0 Å². The minimum Gasteiger partial charge on any atom is -0.444 e. The second-order valence-electron chi connectivity index (χ2n) is 9.46. The van der Waals surface area contributed by atoms with Crippen molar-refractivity contribution in [1.29, 1.82) is 0 Å². The number of carbonyl (C=O) groups is 1. The number of rotatable bonds is 3. The average Bonchev–Trinajstić information content (AvgIpc) is 2.66. The highest BCUT2D eigenvalue weighted by Crippen LogP contribution is 2.50. The molecule has 2 rings (SSSR count). The summed E-state index contributed by atoms with van der Waals surface area (Å²) >= 11 is 0. The van der Waals surface area contributed by atoms with Gasteiger partial charge in [0.15, 0.2) is 0 Å². The molecule has 2 unspecified atom stereocenters. The zero-order chi connectivity index (χ0) is 26.3. The van der Waals surface area contributed by atoms with Crippen molar-refractivity contribution in [2.45, 2.75) is 77.2 Å². The molecular weight excluding hydrogens is 466 g/mol. The maximum Gasteiger partial charge on any atom is 0.430 e. The van der Waals surface area contributed by atoms with Crippen molar-refractivity contribution >= 4 is 17.9 Å². The lowest BCUT2D eigenvalue weighted by molar-refractivity contribution is -0.376. The number of hydrogen-bond acceptors (Lipinski definition) is 4. The molecule has 0 aliphatic carbocycles. The summed E-state index contributed by atoms with van der Waals surface area (Å²) in [5, 5.41) is 9.79. The van der Waals surface area contributed by atoms with E-state index in [9.17, 15) is 36.2 Å². The Labute approximate surface area is 195 Å². The number of piperazine rings is 1. The molecular formula is C23H30F6N2O3. The Morgan fingerprint density at radius 3 is 2.06 bits per heavy atom. The molecule has 1 aromatic rings. The van der Waals surface area contributed by atoms with E-state index in [1.165, 1.54) is 12.2 Å². The van der Waals surface area contributed by atoms with E-state index in [-0.39, 0.29) is 30.7 Å². The van der Waals surface area contributed by atoms with E-state index in [1.807, 2.05) is 4.90 Å². The van der Waals surface area contributed by atoms with E-state index >= 15 is 0 Å². The SMILES string of the molecule is CC=Cc1cc(C(O)(C(F)(F)F)C(F)(F)F)ccc1N1CC(C)N(C(=O)OC(C)(C)C)CC1C. The van der Waals surface area contributed by atoms with Gasteiger partial charge in [-0.15, -0.1) is 0 Å². The van der Waals surface area contributed by atoms with Gasteiger partial charge in [0.05, 0.1) is 0 Å². The second kappa shape index (κ2) is 9.31. The van der Waals surface area contributed by atoms with Crippen LogP contribution in [0.2, 0.25) is 0 Å². The Kier molecular flexibility index (Phi) is 7.62. The fourth-order valence-electron chi connectivity index (χ4n) is 3.88. The number of aliphatic hydroxyl groups is 1. The molecule has 0 radical (unpaired) electrons. The number of benzene rings is 1. The molecule has 0 aromatic heterocycles. The van der Waals surface area contributed by atoms with Crippen molar-refractivity contribution in [2.24, 2.45) is 0 Å². The van der Waals surface area contributed by atoms with E-state index in [0.29, 0.717) is 17.8 Å². The van der Waals surface area contributed by atoms with Crippen molar-refractivity contribution in [1.82, 2.24) is 4.90 Å². The Bertz CT molecular complexity index is 907. The Hall–Kier alpha value is -2.43. The molecule has 11 heteroatoms. The van der Waals surface area contributed by atoms with Gasteiger partial charge in [-0.2, -0.15) is 26.3 Å². The van der Waals surface area contributed by atoms with Crippen molar-refractivity contribution in [3.63, 3.8) is 0 Å². The number of carbonyl (C=O) groups excluding carboxylic acids is 1. The average molecular weight is 496 g/mol. The van der Waals surface area contributed by atoms with Gasteiger partial charge in [0.1, 0.15) is 5.60 Å². The van der Waals surface area contributed by atoms with E-state index < -0.39 is 35.2 Å². The third-order valence-electron chi connectivity index (χ3n) is 5.54. The van der Waals surface area contributed by atoms with Gasteiger partial charge in [0, 0.05) is 36.4 Å². The first kappa shape index (κ1) is 27.8. The number of nitrogens with zero attached hydrogens (tertiary/aromatic N) is 2. The highest BCUT2D eigenvalue weighted by atomic mass is 19.4. The molecule has 1 amide bonds. The molecule has 0 saturated carbocycles. The predicted molar refractivity (Wildman–Crippen MR) is 116 cm³/mol. The van der Waals surface area contributed by atoms with Crippen LogP contribution in [-0.2, 0) is 10.3 Å². The molecule has 0 bridgehead atoms. The molecule has 1 aliphatic heterocycles. The highest BCUT2D eigenvalue weighted by Gasteiger charge is 2.71. The predicted octanol–water partition coefficient (Wildman–Crippen LogP) is 5.87. The smallest absolute Gasteiger partial charge is 0.430 e. The Balaban J connectivity index is 2.47. The molecule has 1 N–H and O–H groups in total. The third-order valence-corrected chi connectivity index (χ3v) is 5.54. The standard InChI is InChI=1S/C23H30F6N2O3/c1-7-8-16-11-17(21(33,22(24,25)26)23(27,28)29)9-10-18(16)30-12-15(3)31(13-14(30)2)19(32)34-20(4,5)6/h7-11,14-15,33H,12-13H2,1-6H3. The molecule has 2 atom stereocenters. The molecule has 1 aliphatic rings. The Morgan fingerprint density at radius 2 is 1.59 bits per heavy atom. The second-order valence-corrected chi connectivity index (χ2v) is 9.46. The largest absolute Gasteiger partial charge is 0.444 e. The van der Waals surface area contributed by atoms with Crippen LogP contribution in [0.4, 0.5) is 36.8 Å². The summed E-state index contributed by atoms with van der Waals surface area (Å²) in [6.45, 7) is 10.9. The van der Waals surface area contributed by atoms with E-state index in [4.69, 9.17) is 4.74 Å². The van der Waals surface area contributed by atoms with Crippen LogP contribution in [0.5, 0.6) is 0 Å². The van der Waals surface area contributed by atoms with Gasteiger partial charge >= 0.3 is 18.4 Å². The van der Waals surface area contributed by atoms with Crippen LogP contribution in [0.3, 0.4) is 0 Å². The minimum absolute atomic E-state index is 0.0803. The molecule has 34 heavy (non-hydrogen) atoms. The molecule has 1 aromatic carbocycles. The lowest BCUT2D eigenvalue weighted by Gasteiger charge is -2.46. The number of hydrogen-bond donors (Lipinski definition) is 1. The van der Waals surface area contributed by atoms with Gasteiger partial charge in [-0.25, -0.2) is 4.79 Å². The molecule has 0 spiro atoms. The number of amides is 1. The first-order valence-corrected chi connectivity index (χ1v) is 10.7. The van der Waals surface area contributed by atoms with Gasteiger partial charge in [-0.3, -0.25) is 0 Å². The van der Waals surface area contributed by atoms with Crippen LogP contribution in [-0.4, -0.2) is 59.2 Å². The number of allylic oxidation sites excluding steroid dienone is 1. The van der Waals surface area contributed by atoms with Crippen molar-refractivity contribution in [2.75, 3.05) is 18.0 Å². The van der Waals surface area contributed by atoms with Crippen molar-refractivity contribution in [3.05, 3.63) is 35.4 Å². The zero-order valence-electron chi connectivity index (χ0n) is 19.9. The number of halogens is 6. The van der Waals surface area contributed by atoms with Crippen LogP contribution >= 0.6 is 0 Å². The normalized spacial score (nSPS) is 20.7. The van der Waals surface area contributed by atoms with Crippen molar-refractivity contribution < 1.29 is 41.0 Å². The molecule has 5 nitrogen and oxygen atoms in total. The summed E-state index contributed by atoms with van der Waals surface area (Å²) in [5.41, 5.74) is -6.56. The van der Waals surface area contributed by atoms with Crippen LogP contribution in [0.25, 0.3) is 6.08 Å². The van der Waals surface area contributed by atoms with Crippen LogP contribution in [0, 0.1) is 0 Å². The van der Waals surface area contributed by atoms with E-state index in [2.05, 4.69) is 0 Å². The summed E-state index contributed by atoms with van der Waals surface area (Å²) in [6, 6.07) is 1.82. The summed E-state index contributed by atoms with van der Waals surface area (Å²) < 4.78 is 85.6.